The molecule has 3 heterocycles. The lowest BCUT2D eigenvalue weighted by Crippen LogP contribution is -2.40. The highest BCUT2D eigenvalue weighted by Crippen LogP contribution is 2.21. The van der Waals surface area contributed by atoms with Gasteiger partial charge in [0, 0.05) is 31.9 Å². The SMILES string of the molecule is Cc1nnc2n1C(C)CN(C(=O)CCc1ccnn1C)C2. The summed E-state index contributed by atoms with van der Waals surface area (Å²) in [5.74, 6) is 1.95. The summed E-state index contributed by atoms with van der Waals surface area (Å²) >= 11 is 0. The molecule has 0 saturated heterocycles. The van der Waals surface area contributed by atoms with Crippen LogP contribution in [-0.4, -0.2) is 41.9 Å². The summed E-state index contributed by atoms with van der Waals surface area (Å²) < 4.78 is 3.93. The maximum atomic E-state index is 12.4. The summed E-state index contributed by atoms with van der Waals surface area (Å²) in [5.41, 5.74) is 1.08. The molecule has 0 bridgehead atoms. The fourth-order valence-corrected chi connectivity index (χ4v) is 2.96. The summed E-state index contributed by atoms with van der Waals surface area (Å²) in [6, 6.07) is 2.18. The van der Waals surface area contributed by atoms with Crippen molar-refractivity contribution in [3.05, 3.63) is 29.6 Å². The molecule has 2 aromatic rings. The predicted octanol–water partition coefficient (Wildman–Crippen LogP) is 0.856. The number of rotatable bonds is 3. The first-order valence-electron chi connectivity index (χ1n) is 7.21. The van der Waals surface area contributed by atoms with Crippen molar-refractivity contribution in [1.29, 1.82) is 0 Å². The van der Waals surface area contributed by atoms with Gasteiger partial charge in [-0.25, -0.2) is 0 Å². The first-order valence-corrected chi connectivity index (χ1v) is 7.21. The zero-order valence-corrected chi connectivity index (χ0v) is 12.7. The van der Waals surface area contributed by atoms with Gasteiger partial charge in [-0.1, -0.05) is 0 Å². The average molecular weight is 288 g/mol. The van der Waals surface area contributed by atoms with Gasteiger partial charge in [-0.2, -0.15) is 5.10 Å². The molecule has 3 rings (SSSR count). The lowest BCUT2D eigenvalue weighted by atomic mass is 10.1. The minimum atomic E-state index is 0.162. The molecule has 0 aromatic carbocycles. The van der Waals surface area contributed by atoms with Gasteiger partial charge in [-0.05, 0) is 26.3 Å². The Balaban J connectivity index is 1.65. The third-order valence-electron chi connectivity index (χ3n) is 4.06. The van der Waals surface area contributed by atoms with E-state index in [9.17, 15) is 4.79 Å². The molecule has 1 atom stereocenters. The Morgan fingerprint density at radius 2 is 2.24 bits per heavy atom. The maximum absolute atomic E-state index is 12.4. The van der Waals surface area contributed by atoms with Gasteiger partial charge >= 0.3 is 0 Å². The standard InChI is InChI=1S/C14H20N6O/c1-10-8-19(9-13-17-16-11(2)20(10)13)14(21)5-4-12-6-7-15-18(12)3/h6-7,10H,4-5,8-9H2,1-3H3. The Hall–Kier alpha value is -2.18. The van der Waals surface area contributed by atoms with E-state index in [2.05, 4.69) is 26.8 Å². The second-order valence-electron chi connectivity index (χ2n) is 5.60. The zero-order chi connectivity index (χ0) is 15.0. The van der Waals surface area contributed by atoms with Crippen LogP contribution in [-0.2, 0) is 24.8 Å². The van der Waals surface area contributed by atoms with Crippen LogP contribution in [0.15, 0.2) is 12.3 Å². The molecular formula is C14H20N6O. The molecule has 0 saturated carbocycles. The van der Waals surface area contributed by atoms with Gasteiger partial charge in [-0.3, -0.25) is 9.48 Å². The van der Waals surface area contributed by atoms with Crippen LogP contribution in [0.25, 0.3) is 0 Å². The predicted molar refractivity (Wildman–Crippen MR) is 76.4 cm³/mol. The molecule has 0 spiro atoms. The molecule has 112 valence electrons. The van der Waals surface area contributed by atoms with E-state index in [1.54, 1.807) is 6.20 Å². The van der Waals surface area contributed by atoms with Gasteiger partial charge < -0.3 is 9.47 Å². The van der Waals surface area contributed by atoms with Crippen LogP contribution < -0.4 is 0 Å². The van der Waals surface area contributed by atoms with E-state index < -0.39 is 0 Å². The van der Waals surface area contributed by atoms with E-state index in [0.29, 0.717) is 19.4 Å². The molecule has 0 aliphatic carbocycles. The molecule has 1 amide bonds. The van der Waals surface area contributed by atoms with E-state index in [4.69, 9.17) is 0 Å². The Labute approximate surface area is 123 Å². The normalized spacial score (nSPS) is 17.9. The van der Waals surface area contributed by atoms with Gasteiger partial charge in [0.25, 0.3) is 0 Å². The van der Waals surface area contributed by atoms with Crippen molar-refractivity contribution in [3.8, 4) is 0 Å². The third kappa shape index (κ3) is 2.55. The Bertz CT molecular complexity index is 658. The summed E-state index contributed by atoms with van der Waals surface area (Å²) in [5, 5.41) is 12.4. The molecule has 7 heteroatoms. The number of fused-ring (bicyclic) bond motifs is 1. The monoisotopic (exact) mass is 288 g/mol. The van der Waals surface area contributed by atoms with Crippen LogP contribution >= 0.6 is 0 Å². The summed E-state index contributed by atoms with van der Waals surface area (Å²) in [7, 11) is 1.90. The van der Waals surface area contributed by atoms with Crippen LogP contribution in [0.1, 0.15) is 36.7 Å². The molecule has 7 nitrogen and oxygen atoms in total. The van der Waals surface area contributed by atoms with E-state index in [0.717, 1.165) is 23.9 Å². The maximum Gasteiger partial charge on any atom is 0.223 e. The largest absolute Gasteiger partial charge is 0.333 e. The van der Waals surface area contributed by atoms with Crippen LogP contribution in [0.2, 0.25) is 0 Å². The quantitative estimate of drug-likeness (QED) is 0.840. The van der Waals surface area contributed by atoms with Gasteiger partial charge in [0.2, 0.25) is 5.91 Å². The number of aryl methyl sites for hydroxylation is 3. The molecule has 0 radical (unpaired) electrons. The van der Waals surface area contributed by atoms with Crippen molar-refractivity contribution in [2.75, 3.05) is 6.54 Å². The second kappa shape index (κ2) is 5.31. The smallest absolute Gasteiger partial charge is 0.223 e. The van der Waals surface area contributed by atoms with Crippen LogP contribution in [0.3, 0.4) is 0 Å². The molecule has 1 aliphatic rings. The first-order chi connectivity index (χ1) is 10.1. The fourth-order valence-electron chi connectivity index (χ4n) is 2.96. The lowest BCUT2D eigenvalue weighted by Gasteiger charge is -2.32. The topological polar surface area (TPSA) is 68.8 Å². The highest BCUT2D eigenvalue weighted by molar-refractivity contribution is 5.76. The highest BCUT2D eigenvalue weighted by atomic mass is 16.2. The Kier molecular flexibility index (Phi) is 3.48. The molecule has 1 unspecified atom stereocenters. The van der Waals surface area contributed by atoms with Gasteiger partial charge in [0.15, 0.2) is 5.82 Å². The van der Waals surface area contributed by atoms with Crippen LogP contribution in [0, 0.1) is 6.92 Å². The van der Waals surface area contributed by atoms with Crippen molar-refractivity contribution in [1.82, 2.24) is 29.4 Å². The number of carbonyl (C=O) groups excluding carboxylic acids is 1. The van der Waals surface area contributed by atoms with E-state index in [1.165, 1.54) is 0 Å². The molecule has 2 aromatic heterocycles. The summed E-state index contributed by atoms with van der Waals surface area (Å²) in [4.78, 5) is 14.3. The number of amides is 1. The zero-order valence-electron chi connectivity index (χ0n) is 12.7. The Morgan fingerprint density at radius 3 is 2.95 bits per heavy atom. The van der Waals surface area contributed by atoms with Gasteiger partial charge in [0.1, 0.15) is 5.82 Å². The van der Waals surface area contributed by atoms with Crippen LogP contribution in [0.5, 0.6) is 0 Å². The van der Waals surface area contributed by atoms with Crippen molar-refractivity contribution < 1.29 is 4.79 Å². The van der Waals surface area contributed by atoms with E-state index >= 15 is 0 Å². The van der Waals surface area contributed by atoms with Crippen molar-refractivity contribution in [2.45, 2.75) is 39.3 Å². The number of nitrogens with zero attached hydrogens (tertiary/aromatic N) is 6. The lowest BCUT2D eigenvalue weighted by molar-refractivity contribution is -0.133. The minimum absolute atomic E-state index is 0.162. The minimum Gasteiger partial charge on any atom is -0.333 e. The van der Waals surface area contributed by atoms with Crippen LogP contribution in [0.4, 0.5) is 0 Å². The van der Waals surface area contributed by atoms with Crippen molar-refractivity contribution in [2.24, 2.45) is 7.05 Å². The van der Waals surface area contributed by atoms with Gasteiger partial charge in [-0.15, -0.1) is 10.2 Å². The van der Waals surface area contributed by atoms with E-state index in [-0.39, 0.29) is 11.9 Å². The number of aromatic nitrogens is 5. The summed E-state index contributed by atoms with van der Waals surface area (Å²) in [6.45, 7) is 5.32. The third-order valence-corrected chi connectivity index (χ3v) is 4.06. The number of hydrogen-bond donors (Lipinski definition) is 0. The fraction of sp³-hybridized carbons (Fsp3) is 0.571. The average Bonchev–Trinajstić information content (AvgIpc) is 3.03. The molecule has 0 N–H and O–H groups in total. The molecule has 0 fully saturated rings. The molecular weight excluding hydrogens is 268 g/mol. The highest BCUT2D eigenvalue weighted by Gasteiger charge is 2.27. The molecule has 1 aliphatic heterocycles. The Morgan fingerprint density at radius 1 is 1.43 bits per heavy atom. The summed E-state index contributed by atoms with van der Waals surface area (Å²) in [6.07, 6.45) is 2.97. The van der Waals surface area contributed by atoms with Crippen molar-refractivity contribution in [3.63, 3.8) is 0 Å². The van der Waals surface area contributed by atoms with E-state index in [1.807, 2.05) is 29.6 Å². The second-order valence-corrected chi connectivity index (χ2v) is 5.60. The number of carbonyl (C=O) groups is 1. The molecule has 21 heavy (non-hydrogen) atoms. The number of hydrogen-bond acceptors (Lipinski definition) is 4. The van der Waals surface area contributed by atoms with Gasteiger partial charge in [0.05, 0.1) is 12.6 Å². The first kappa shape index (κ1) is 13.8. The van der Waals surface area contributed by atoms with Crippen molar-refractivity contribution >= 4 is 5.91 Å².